The Balaban J connectivity index is 1.62. The molecule has 0 unspecified atom stereocenters. The van der Waals surface area contributed by atoms with Gasteiger partial charge in [-0.05, 0) is 37.1 Å². The van der Waals surface area contributed by atoms with Crippen molar-refractivity contribution in [1.29, 1.82) is 0 Å². The van der Waals surface area contributed by atoms with E-state index in [2.05, 4.69) is 20.5 Å². The van der Waals surface area contributed by atoms with Crippen molar-refractivity contribution in [2.45, 2.75) is 31.7 Å². The molecule has 0 radical (unpaired) electrons. The average molecular weight is 390 g/mol. The van der Waals surface area contributed by atoms with Gasteiger partial charge >= 0.3 is 0 Å². The number of aromatic nitrogens is 6. The molecule has 1 aromatic carbocycles. The highest BCUT2D eigenvalue weighted by Crippen LogP contribution is 2.30. The number of anilines is 3. The van der Waals surface area contributed by atoms with Crippen molar-refractivity contribution in [3.63, 3.8) is 0 Å². The summed E-state index contributed by atoms with van der Waals surface area (Å²) in [6, 6.07) is 8.15. The van der Waals surface area contributed by atoms with Crippen molar-refractivity contribution in [2.75, 3.05) is 24.3 Å². The van der Waals surface area contributed by atoms with Gasteiger partial charge in [0, 0.05) is 31.5 Å². The average Bonchev–Trinajstić information content (AvgIpc) is 3.41. The predicted octanol–water partition coefficient (Wildman–Crippen LogP) is 2.76. The quantitative estimate of drug-likeness (QED) is 0.573. The Kier molecular flexibility index (Phi) is 4.15. The van der Waals surface area contributed by atoms with Crippen molar-refractivity contribution in [3.8, 4) is 0 Å². The molecule has 9 heteroatoms. The molecule has 4 aromatic rings. The standard InChI is InChI=1S/C20H22N8O/c1-26(2)14-9-7-13(8-10-14)23-20-21-11-16-17(24-20)28(15-5-3-4-6-15)19(29)18-25-22-12-27(16)18/h7-12,15H,3-6H2,1-2H3,(H,21,23,24). The fraction of sp³-hybridized carbons (Fsp3) is 0.350. The molecule has 1 aliphatic carbocycles. The van der Waals surface area contributed by atoms with Gasteiger partial charge in [-0.1, -0.05) is 12.8 Å². The number of fused-ring (bicyclic) bond motifs is 3. The molecule has 9 nitrogen and oxygen atoms in total. The Labute approximate surface area is 167 Å². The van der Waals surface area contributed by atoms with E-state index >= 15 is 0 Å². The Bertz CT molecular complexity index is 1240. The summed E-state index contributed by atoms with van der Waals surface area (Å²) < 4.78 is 3.45. The monoisotopic (exact) mass is 390 g/mol. The summed E-state index contributed by atoms with van der Waals surface area (Å²) in [5, 5.41) is 11.2. The number of nitrogens with one attached hydrogen (secondary N) is 1. The van der Waals surface area contributed by atoms with Crippen molar-refractivity contribution in [2.24, 2.45) is 0 Å². The summed E-state index contributed by atoms with van der Waals surface area (Å²) in [6.07, 6.45) is 7.43. The van der Waals surface area contributed by atoms with E-state index in [1.807, 2.05) is 43.3 Å². The Morgan fingerprint density at radius 1 is 1.10 bits per heavy atom. The summed E-state index contributed by atoms with van der Waals surface area (Å²) in [5.74, 6) is 0.452. The largest absolute Gasteiger partial charge is 0.378 e. The van der Waals surface area contributed by atoms with Crippen molar-refractivity contribution >= 4 is 34.1 Å². The fourth-order valence-corrected chi connectivity index (χ4v) is 4.01. The summed E-state index contributed by atoms with van der Waals surface area (Å²) >= 11 is 0. The van der Waals surface area contributed by atoms with Crippen LogP contribution in [0.15, 0.2) is 41.6 Å². The van der Waals surface area contributed by atoms with Crippen LogP contribution in [0.25, 0.3) is 16.8 Å². The summed E-state index contributed by atoms with van der Waals surface area (Å²) in [4.78, 5) is 24.3. The van der Waals surface area contributed by atoms with Crippen molar-refractivity contribution in [1.82, 2.24) is 29.1 Å². The maximum atomic E-state index is 13.1. The number of benzene rings is 1. The van der Waals surface area contributed by atoms with Crippen LogP contribution in [-0.2, 0) is 0 Å². The zero-order chi connectivity index (χ0) is 20.0. The smallest absolute Gasteiger partial charge is 0.298 e. The van der Waals surface area contributed by atoms with Crippen LogP contribution in [-0.4, -0.2) is 43.2 Å². The second kappa shape index (κ2) is 6.84. The van der Waals surface area contributed by atoms with Gasteiger partial charge in [-0.15, -0.1) is 10.2 Å². The third-order valence-corrected chi connectivity index (χ3v) is 5.53. The zero-order valence-corrected chi connectivity index (χ0v) is 16.4. The fourth-order valence-electron chi connectivity index (χ4n) is 4.01. The SMILES string of the molecule is CN(C)c1ccc(Nc2ncc3c(n2)n(C2CCCC2)c(=O)c2nncn23)cc1. The molecule has 0 amide bonds. The summed E-state index contributed by atoms with van der Waals surface area (Å²) in [6.45, 7) is 0. The molecular formula is C20H22N8O. The minimum absolute atomic E-state index is 0.133. The van der Waals surface area contributed by atoms with Gasteiger partial charge in [-0.25, -0.2) is 4.98 Å². The van der Waals surface area contributed by atoms with E-state index in [1.165, 1.54) is 6.33 Å². The molecule has 0 saturated heterocycles. The Hall–Kier alpha value is -3.49. The molecule has 3 heterocycles. The van der Waals surface area contributed by atoms with Crippen LogP contribution in [0.3, 0.4) is 0 Å². The normalized spacial score (nSPS) is 14.7. The molecule has 0 atom stereocenters. The molecule has 3 aromatic heterocycles. The lowest BCUT2D eigenvalue weighted by atomic mass is 10.2. The first-order valence-corrected chi connectivity index (χ1v) is 9.77. The van der Waals surface area contributed by atoms with Gasteiger partial charge < -0.3 is 10.2 Å². The Morgan fingerprint density at radius 3 is 2.59 bits per heavy atom. The second-order valence-electron chi connectivity index (χ2n) is 7.61. The zero-order valence-electron chi connectivity index (χ0n) is 16.4. The number of rotatable bonds is 4. The van der Waals surface area contributed by atoms with E-state index < -0.39 is 0 Å². The van der Waals surface area contributed by atoms with Gasteiger partial charge in [0.1, 0.15) is 11.8 Å². The molecule has 1 fully saturated rings. The maximum absolute atomic E-state index is 13.1. The maximum Gasteiger partial charge on any atom is 0.298 e. The molecular weight excluding hydrogens is 368 g/mol. The van der Waals surface area contributed by atoms with E-state index in [0.29, 0.717) is 17.2 Å². The number of hydrogen-bond acceptors (Lipinski definition) is 7. The highest BCUT2D eigenvalue weighted by atomic mass is 16.1. The van der Waals surface area contributed by atoms with E-state index in [0.717, 1.165) is 42.6 Å². The van der Waals surface area contributed by atoms with Crippen LogP contribution in [0.4, 0.5) is 17.3 Å². The van der Waals surface area contributed by atoms with E-state index in [1.54, 1.807) is 15.2 Å². The van der Waals surface area contributed by atoms with Crippen LogP contribution in [0, 0.1) is 0 Å². The molecule has 1 N–H and O–H groups in total. The van der Waals surface area contributed by atoms with Crippen LogP contribution in [0.2, 0.25) is 0 Å². The highest BCUT2D eigenvalue weighted by molar-refractivity contribution is 5.75. The highest BCUT2D eigenvalue weighted by Gasteiger charge is 2.24. The first-order chi connectivity index (χ1) is 14.1. The van der Waals surface area contributed by atoms with Crippen molar-refractivity contribution < 1.29 is 0 Å². The van der Waals surface area contributed by atoms with Gasteiger partial charge in [0.25, 0.3) is 5.56 Å². The molecule has 0 spiro atoms. The summed E-state index contributed by atoms with van der Waals surface area (Å²) in [7, 11) is 4.01. The van der Waals surface area contributed by atoms with Crippen molar-refractivity contribution in [3.05, 3.63) is 47.1 Å². The van der Waals surface area contributed by atoms with Gasteiger partial charge in [0.05, 0.1) is 6.20 Å². The molecule has 1 saturated carbocycles. The predicted molar refractivity (Wildman–Crippen MR) is 112 cm³/mol. The third kappa shape index (κ3) is 2.98. The second-order valence-corrected chi connectivity index (χ2v) is 7.61. The lowest BCUT2D eigenvalue weighted by Gasteiger charge is -2.17. The molecule has 5 rings (SSSR count). The van der Waals surface area contributed by atoms with E-state index in [4.69, 9.17) is 4.98 Å². The van der Waals surface area contributed by atoms with Crippen LogP contribution < -0.4 is 15.8 Å². The first kappa shape index (κ1) is 17.6. The third-order valence-electron chi connectivity index (χ3n) is 5.53. The lowest BCUT2D eigenvalue weighted by Crippen LogP contribution is -2.27. The summed E-state index contributed by atoms with van der Waals surface area (Å²) in [5.41, 5.74) is 3.49. The van der Waals surface area contributed by atoms with Gasteiger partial charge in [-0.2, -0.15) is 4.98 Å². The lowest BCUT2D eigenvalue weighted by molar-refractivity contribution is 0.515. The van der Waals surface area contributed by atoms with Crippen LogP contribution >= 0.6 is 0 Å². The number of hydrogen-bond donors (Lipinski definition) is 1. The first-order valence-electron chi connectivity index (χ1n) is 9.77. The molecule has 1 aliphatic rings. The number of nitrogens with zero attached hydrogens (tertiary/aromatic N) is 7. The van der Waals surface area contributed by atoms with Crippen LogP contribution in [0.1, 0.15) is 31.7 Å². The minimum Gasteiger partial charge on any atom is -0.378 e. The van der Waals surface area contributed by atoms with E-state index in [-0.39, 0.29) is 11.6 Å². The topological polar surface area (TPSA) is 93.2 Å². The Morgan fingerprint density at radius 2 is 1.86 bits per heavy atom. The van der Waals surface area contributed by atoms with E-state index in [9.17, 15) is 4.79 Å². The molecule has 148 valence electrons. The van der Waals surface area contributed by atoms with Gasteiger partial charge in [-0.3, -0.25) is 13.8 Å². The van der Waals surface area contributed by atoms with Crippen LogP contribution in [0.5, 0.6) is 0 Å². The minimum atomic E-state index is -0.151. The van der Waals surface area contributed by atoms with Gasteiger partial charge in [0.2, 0.25) is 11.6 Å². The molecule has 0 aliphatic heterocycles. The molecule has 0 bridgehead atoms. The van der Waals surface area contributed by atoms with Gasteiger partial charge in [0.15, 0.2) is 5.65 Å². The molecule has 29 heavy (non-hydrogen) atoms.